The molecule has 4 heteroatoms. The van der Waals surface area contributed by atoms with Gasteiger partial charge in [-0.1, -0.05) is 0 Å². The third kappa shape index (κ3) is 2.61. The standard InChI is InChI=1S/C9H14N2O2/c10-2-1-9(11)6-3-7(12)5-8(13)4-6/h3-5,9,12-13H,1-2,10-11H2/t9-/m0/s1. The molecule has 0 spiro atoms. The maximum absolute atomic E-state index is 9.16. The van der Waals surface area contributed by atoms with Gasteiger partial charge in [-0.2, -0.15) is 0 Å². The Morgan fingerprint density at radius 1 is 1.15 bits per heavy atom. The minimum Gasteiger partial charge on any atom is -0.508 e. The summed E-state index contributed by atoms with van der Waals surface area (Å²) < 4.78 is 0. The first-order chi connectivity index (χ1) is 6.13. The van der Waals surface area contributed by atoms with Crippen molar-refractivity contribution in [2.75, 3.05) is 6.54 Å². The molecule has 6 N–H and O–H groups in total. The number of nitrogens with two attached hydrogens (primary N) is 2. The van der Waals surface area contributed by atoms with Crippen LogP contribution in [0.25, 0.3) is 0 Å². The zero-order valence-corrected chi connectivity index (χ0v) is 7.27. The van der Waals surface area contributed by atoms with Crippen LogP contribution < -0.4 is 11.5 Å². The lowest BCUT2D eigenvalue weighted by molar-refractivity contribution is 0.447. The summed E-state index contributed by atoms with van der Waals surface area (Å²) >= 11 is 0. The molecule has 0 amide bonds. The predicted octanol–water partition coefficient (Wildman–Crippen LogP) is 0.446. The van der Waals surface area contributed by atoms with Crippen LogP contribution in [-0.2, 0) is 0 Å². The highest BCUT2D eigenvalue weighted by Gasteiger charge is 2.07. The van der Waals surface area contributed by atoms with Crippen molar-refractivity contribution in [3.8, 4) is 11.5 Å². The van der Waals surface area contributed by atoms with Crippen LogP contribution in [0.15, 0.2) is 18.2 Å². The fraction of sp³-hybridized carbons (Fsp3) is 0.333. The maximum Gasteiger partial charge on any atom is 0.119 e. The van der Waals surface area contributed by atoms with Crippen molar-refractivity contribution in [2.24, 2.45) is 11.5 Å². The summed E-state index contributed by atoms with van der Waals surface area (Å²) in [7, 11) is 0. The van der Waals surface area contributed by atoms with Gasteiger partial charge in [0.2, 0.25) is 0 Å². The molecule has 1 aromatic rings. The molecule has 0 radical (unpaired) electrons. The van der Waals surface area contributed by atoms with E-state index in [1.54, 1.807) is 0 Å². The summed E-state index contributed by atoms with van der Waals surface area (Å²) in [5.74, 6) is 0.0324. The number of phenols is 2. The molecular formula is C9H14N2O2. The van der Waals surface area contributed by atoms with Gasteiger partial charge >= 0.3 is 0 Å². The van der Waals surface area contributed by atoms with Crippen molar-refractivity contribution in [2.45, 2.75) is 12.5 Å². The van der Waals surface area contributed by atoms with E-state index >= 15 is 0 Å². The fourth-order valence-electron chi connectivity index (χ4n) is 1.18. The van der Waals surface area contributed by atoms with E-state index in [2.05, 4.69) is 0 Å². The van der Waals surface area contributed by atoms with Crippen LogP contribution in [0.1, 0.15) is 18.0 Å². The normalized spacial score (nSPS) is 12.8. The summed E-state index contributed by atoms with van der Waals surface area (Å²) in [6.45, 7) is 0.484. The van der Waals surface area contributed by atoms with Crippen molar-refractivity contribution in [1.29, 1.82) is 0 Å². The van der Waals surface area contributed by atoms with Gasteiger partial charge in [-0.05, 0) is 30.7 Å². The number of benzene rings is 1. The number of hydrogen-bond donors (Lipinski definition) is 4. The second-order valence-electron chi connectivity index (χ2n) is 2.97. The van der Waals surface area contributed by atoms with E-state index in [1.807, 2.05) is 0 Å². The van der Waals surface area contributed by atoms with Crippen molar-refractivity contribution in [3.63, 3.8) is 0 Å². The molecule has 0 heterocycles. The quantitative estimate of drug-likeness (QED) is 0.546. The van der Waals surface area contributed by atoms with Crippen LogP contribution in [0.2, 0.25) is 0 Å². The van der Waals surface area contributed by atoms with E-state index in [-0.39, 0.29) is 17.5 Å². The highest BCUT2D eigenvalue weighted by Crippen LogP contribution is 2.24. The Bertz CT molecular complexity index is 269. The monoisotopic (exact) mass is 182 g/mol. The number of hydrogen-bond acceptors (Lipinski definition) is 4. The fourth-order valence-corrected chi connectivity index (χ4v) is 1.18. The van der Waals surface area contributed by atoms with Gasteiger partial charge in [-0.15, -0.1) is 0 Å². The first-order valence-corrected chi connectivity index (χ1v) is 4.12. The Labute approximate surface area is 76.8 Å². The minimum absolute atomic E-state index is 0.0162. The molecule has 0 aromatic heterocycles. The molecule has 0 aliphatic carbocycles. The number of phenolic OH excluding ortho intramolecular Hbond substituents is 2. The highest BCUT2D eigenvalue weighted by atomic mass is 16.3. The topological polar surface area (TPSA) is 92.5 Å². The van der Waals surface area contributed by atoms with Crippen LogP contribution in [0.5, 0.6) is 11.5 Å². The third-order valence-corrected chi connectivity index (χ3v) is 1.83. The molecule has 1 atom stereocenters. The Hall–Kier alpha value is -1.26. The van der Waals surface area contributed by atoms with Gasteiger partial charge in [0.25, 0.3) is 0 Å². The lowest BCUT2D eigenvalue weighted by atomic mass is 10.0. The van der Waals surface area contributed by atoms with Crippen molar-refractivity contribution in [1.82, 2.24) is 0 Å². The average Bonchev–Trinajstić information content (AvgIpc) is 2.03. The van der Waals surface area contributed by atoms with Gasteiger partial charge < -0.3 is 21.7 Å². The molecular weight excluding hydrogens is 168 g/mol. The Kier molecular flexibility index (Phi) is 3.11. The lowest BCUT2D eigenvalue weighted by Gasteiger charge is -2.11. The molecule has 0 fully saturated rings. The molecule has 0 unspecified atom stereocenters. The third-order valence-electron chi connectivity index (χ3n) is 1.83. The largest absolute Gasteiger partial charge is 0.508 e. The first kappa shape index (κ1) is 9.83. The molecule has 0 bridgehead atoms. The van der Waals surface area contributed by atoms with Gasteiger partial charge in [-0.25, -0.2) is 0 Å². The van der Waals surface area contributed by atoms with Crippen LogP contribution >= 0.6 is 0 Å². The van der Waals surface area contributed by atoms with Crippen LogP contribution in [0.3, 0.4) is 0 Å². The van der Waals surface area contributed by atoms with Crippen LogP contribution in [0, 0.1) is 0 Å². The lowest BCUT2D eigenvalue weighted by Crippen LogP contribution is -2.15. The molecule has 13 heavy (non-hydrogen) atoms. The van der Waals surface area contributed by atoms with Gasteiger partial charge in [-0.3, -0.25) is 0 Å². The van der Waals surface area contributed by atoms with Crippen molar-refractivity contribution < 1.29 is 10.2 Å². The molecule has 4 nitrogen and oxygen atoms in total. The zero-order chi connectivity index (χ0) is 9.84. The number of rotatable bonds is 3. The van der Waals surface area contributed by atoms with E-state index in [0.717, 1.165) is 0 Å². The maximum atomic E-state index is 9.16. The summed E-state index contributed by atoms with van der Waals surface area (Å²) in [6, 6.07) is 4.08. The molecule has 0 saturated heterocycles. The molecule has 72 valence electrons. The summed E-state index contributed by atoms with van der Waals surface area (Å²) in [6.07, 6.45) is 0.628. The Morgan fingerprint density at radius 2 is 1.69 bits per heavy atom. The van der Waals surface area contributed by atoms with E-state index in [0.29, 0.717) is 18.5 Å². The van der Waals surface area contributed by atoms with Crippen LogP contribution in [0.4, 0.5) is 0 Å². The minimum atomic E-state index is -0.233. The summed E-state index contributed by atoms with van der Waals surface area (Å²) in [4.78, 5) is 0. The molecule has 0 aliphatic heterocycles. The zero-order valence-electron chi connectivity index (χ0n) is 7.27. The summed E-state index contributed by atoms with van der Waals surface area (Å²) in [5.41, 5.74) is 11.8. The van der Waals surface area contributed by atoms with Crippen molar-refractivity contribution in [3.05, 3.63) is 23.8 Å². The highest BCUT2D eigenvalue weighted by molar-refractivity contribution is 5.37. The van der Waals surface area contributed by atoms with E-state index < -0.39 is 0 Å². The molecule has 0 aliphatic rings. The molecule has 0 saturated carbocycles. The van der Waals surface area contributed by atoms with Gasteiger partial charge in [0.05, 0.1) is 0 Å². The second-order valence-corrected chi connectivity index (χ2v) is 2.97. The Balaban J connectivity index is 2.87. The average molecular weight is 182 g/mol. The van der Waals surface area contributed by atoms with Gasteiger partial charge in [0.1, 0.15) is 11.5 Å². The smallest absolute Gasteiger partial charge is 0.119 e. The second kappa shape index (κ2) is 4.11. The van der Waals surface area contributed by atoms with E-state index in [4.69, 9.17) is 21.7 Å². The van der Waals surface area contributed by atoms with Gasteiger partial charge in [0, 0.05) is 12.1 Å². The first-order valence-electron chi connectivity index (χ1n) is 4.12. The molecule has 1 rings (SSSR count). The SMILES string of the molecule is NCC[C@H](N)c1cc(O)cc(O)c1. The molecule has 1 aromatic carbocycles. The van der Waals surface area contributed by atoms with Gasteiger partial charge in [0.15, 0.2) is 0 Å². The Morgan fingerprint density at radius 3 is 2.15 bits per heavy atom. The van der Waals surface area contributed by atoms with Crippen LogP contribution in [-0.4, -0.2) is 16.8 Å². The summed E-state index contributed by atoms with van der Waals surface area (Å²) in [5, 5.41) is 18.3. The predicted molar refractivity (Wildman–Crippen MR) is 50.4 cm³/mol. The van der Waals surface area contributed by atoms with E-state index in [9.17, 15) is 0 Å². The number of aromatic hydroxyl groups is 2. The van der Waals surface area contributed by atoms with Crippen molar-refractivity contribution >= 4 is 0 Å². The van der Waals surface area contributed by atoms with E-state index in [1.165, 1.54) is 18.2 Å².